The topological polar surface area (TPSA) is 112 Å². The molecule has 1 saturated heterocycles. The molecule has 1 aromatic carbocycles. The summed E-state index contributed by atoms with van der Waals surface area (Å²) < 4.78 is 33.9. The highest BCUT2D eigenvalue weighted by Crippen LogP contribution is 2.26. The van der Waals surface area contributed by atoms with Crippen molar-refractivity contribution in [2.75, 3.05) is 20.2 Å². The van der Waals surface area contributed by atoms with Gasteiger partial charge in [0.05, 0.1) is 18.1 Å². The van der Waals surface area contributed by atoms with Gasteiger partial charge in [0.1, 0.15) is 17.8 Å². The van der Waals surface area contributed by atoms with Crippen LogP contribution in [0.3, 0.4) is 0 Å². The number of amides is 1. The quantitative estimate of drug-likeness (QED) is 0.583. The van der Waals surface area contributed by atoms with Crippen molar-refractivity contribution in [2.24, 2.45) is 14.1 Å². The van der Waals surface area contributed by atoms with Gasteiger partial charge in [0.25, 0.3) is 5.91 Å². The molecule has 0 aliphatic carbocycles. The number of benzene rings is 1. The standard InChI is InChI=1S/C20H24N6O4S/c1-24-13-21-22-20(24)31(28,29)16-7-9-26(10-8-16)19(27)18-12-17(23-25(18)2)14-5-4-6-15(11-14)30-3/h4-6,11-13,16H,7-10H2,1-3H3. The van der Waals surface area contributed by atoms with Crippen molar-refractivity contribution < 1.29 is 17.9 Å². The van der Waals surface area contributed by atoms with E-state index in [-0.39, 0.29) is 11.1 Å². The van der Waals surface area contributed by atoms with Gasteiger partial charge < -0.3 is 14.2 Å². The van der Waals surface area contributed by atoms with Gasteiger partial charge in [0.2, 0.25) is 15.0 Å². The predicted molar refractivity (Wildman–Crippen MR) is 112 cm³/mol. The number of nitrogens with zero attached hydrogens (tertiary/aromatic N) is 6. The number of methoxy groups -OCH3 is 1. The first-order valence-electron chi connectivity index (χ1n) is 9.87. The Hall–Kier alpha value is -3.21. The van der Waals surface area contributed by atoms with Crippen molar-refractivity contribution in [3.05, 3.63) is 42.4 Å². The third-order valence-corrected chi connectivity index (χ3v) is 7.78. The van der Waals surface area contributed by atoms with E-state index in [0.29, 0.717) is 43.1 Å². The molecule has 1 amide bonds. The molecule has 0 radical (unpaired) electrons. The summed E-state index contributed by atoms with van der Waals surface area (Å²) in [5, 5.41) is 11.3. The lowest BCUT2D eigenvalue weighted by atomic mass is 10.1. The molecule has 0 bridgehead atoms. The monoisotopic (exact) mass is 444 g/mol. The van der Waals surface area contributed by atoms with Crippen LogP contribution in [0.4, 0.5) is 0 Å². The number of aromatic nitrogens is 5. The molecule has 0 saturated carbocycles. The van der Waals surface area contributed by atoms with E-state index in [0.717, 1.165) is 5.56 Å². The fourth-order valence-corrected chi connectivity index (χ4v) is 5.54. The zero-order chi connectivity index (χ0) is 22.2. The highest BCUT2D eigenvalue weighted by atomic mass is 32.2. The van der Waals surface area contributed by atoms with Crippen LogP contribution in [0.15, 0.2) is 41.8 Å². The number of carbonyl (C=O) groups excluding carboxylic acids is 1. The minimum absolute atomic E-state index is 0.0353. The molecule has 0 unspecified atom stereocenters. The average Bonchev–Trinajstić information content (AvgIpc) is 3.39. The Balaban J connectivity index is 1.48. The number of piperidine rings is 1. The molecular weight excluding hydrogens is 420 g/mol. The van der Waals surface area contributed by atoms with Gasteiger partial charge in [-0.1, -0.05) is 12.1 Å². The maximum absolute atomic E-state index is 13.1. The number of carbonyl (C=O) groups is 1. The Morgan fingerprint density at radius 1 is 1.16 bits per heavy atom. The summed E-state index contributed by atoms with van der Waals surface area (Å²) in [6.45, 7) is 0.695. The van der Waals surface area contributed by atoms with Gasteiger partial charge in [-0.15, -0.1) is 10.2 Å². The van der Waals surface area contributed by atoms with Crippen LogP contribution < -0.4 is 4.74 Å². The van der Waals surface area contributed by atoms with Crippen LogP contribution in [0.2, 0.25) is 0 Å². The number of aryl methyl sites for hydroxylation is 2. The summed E-state index contributed by atoms with van der Waals surface area (Å²) in [6, 6.07) is 9.23. The van der Waals surface area contributed by atoms with E-state index in [1.165, 1.54) is 10.9 Å². The molecule has 0 spiro atoms. The second-order valence-electron chi connectivity index (χ2n) is 7.53. The van der Waals surface area contributed by atoms with Gasteiger partial charge in [0, 0.05) is 32.7 Å². The van der Waals surface area contributed by atoms with Crippen LogP contribution in [0.5, 0.6) is 5.75 Å². The van der Waals surface area contributed by atoms with Crippen molar-refractivity contribution in [3.8, 4) is 17.0 Å². The zero-order valence-corrected chi connectivity index (χ0v) is 18.4. The zero-order valence-electron chi connectivity index (χ0n) is 17.6. The van der Waals surface area contributed by atoms with E-state index in [9.17, 15) is 13.2 Å². The van der Waals surface area contributed by atoms with Gasteiger partial charge in [0.15, 0.2) is 0 Å². The first-order chi connectivity index (χ1) is 14.8. The molecule has 3 heterocycles. The number of sulfone groups is 1. The van der Waals surface area contributed by atoms with Crippen molar-refractivity contribution in [1.82, 2.24) is 29.4 Å². The summed E-state index contributed by atoms with van der Waals surface area (Å²) in [5.41, 5.74) is 1.97. The second kappa shape index (κ2) is 8.14. The molecule has 10 nitrogen and oxygen atoms in total. The largest absolute Gasteiger partial charge is 0.497 e. The number of hydrogen-bond acceptors (Lipinski definition) is 7. The lowest BCUT2D eigenvalue weighted by Crippen LogP contribution is -2.43. The van der Waals surface area contributed by atoms with Crippen LogP contribution in [0, 0.1) is 0 Å². The van der Waals surface area contributed by atoms with Gasteiger partial charge in [-0.25, -0.2) is 8.42 Å². The lowest BCUT2D eigenvalue weighted by molar-refractivity contribution is 0.0714. The second-order valence-corrected chi connectivity index (χ2v) is 9.65. The molecular formula is C20H24N6O4S. The minimum atomic E-state index is -3.59. The molecule has 1 fully saturated rings. The SMILES string of the molecule is COc1cccc(-c2cc(C(=O)N3CCC(S(=O)(=O)c4nncn4C)CC3)n(C)n2)c1. The first-order valence-corrected chi connectivity index (χ1v) is 11.4. The highest BCUT2D eigenvalue weighted by molar-refractivity contribution is 7.91. The fourth-order valence-electron chi connectivity index (χ4n) is 3.80. The summed E-state index contributed by atoms with van der Waals surface area (Å²) in [7, 11) is 1.34. The predicted octanol–water partition coefficient (Wildman–Crippen LogP) is 1.30. The Morgan fingerprint density at radius 3 is 2.55 bits per heavy atom. The molecule has 4 rings (SSSR count). The van der Waals surface area contributed by atoms with Crippen LogP contribution in [-0.4, -0.2) is 69.2 Å². The third-order valence-electron chi connectivity index (χ3n) is 5.56. The van der Waals surface area contributed by atoms with Gasteiger partial charge >= 0.3 is 0 Å². The van der Waals surface area contributed by atoms with E-state index < -0.39 is 15.1 Å². The molecule has 11 heteroatoms. The number of hydrogen-bond donors (Lipinski definition) is 0. The third kappa shape index (κ3) is 3.92. The minimum Gasteiger partial charge on any atom is -0.497 e. The Labute approximate surface area is 180 Å². The Morgan fingerprint density at radius 2 is 1.90 bits per heavy atom. The molecule has 1 aliphatic heterocycles. The molecule has 3 aromatic rings. The van der Waals surface area contributed by atoms with Crippen molar-refractivity contribution in [3.63, 3.8) is 0 Å². The van der Waals surface area contributed by atoms with Crippen LogP contribution in [-0.2, 0) is 23.9 Å². The molecule has 0 N–H and O–H groups in total. The van der Waals surface area contributed by atoms with E-state index in [1.807, 2.05) is 24.3 Å². The van der Waals surface area contributed by atoms with Crippen LogP contribution >= 0.6 is 0 Å². The summed E-state index contributed by atoms with van der Waals surface area (Å²) in [6.07, 6.45) is 2.07. The normalized spacial score (nSPS) is 15.3. The molecule has 2 aromatic heterocycles. The number of ether oxygens (including phenoxy) is 1. The van der Waals surface area contributed by atoms with E-state index >= 15 is 0 Å². The van der Waals surface area contributed by atoms with Crippen molar-refractivity contribution in [1.29, 1.82) is 0 Å². The van der Waals surface area contributed by atoms with E-state index in [4.69, 9.17) is 4.74 Å². The maximum atomic E-state index is 13.1. The fraction of sp³-hybridized carbons (Fsp3) is 0.400. The lowest BCUT2D eigenvalue weighted by Gasteiger charge is -2.31. The molecule has 31 heavy (non-hydrogen) atoms. The number of rotatable bonds is 5. The number of likely N-dealkylation sites (tertiary alicyclic amines) is 1. The Kier molecular flexibility index (Phi) is 5.52. The van der Waals surface area contributed by atoms with Crippen molar-refractivity contribution >= 4 is 15.7 Å². The Bertz CT molecular complexity index is 1210. The van der Waals surface area contributed by atoms with Crippen molar-refractivity contribution in [2.45, 2.75) is 23.2 Å². The van der Waals surface area contributed by atoms with Gasteiger partial charge in [-0.05, 0) is 31.0 Å². The molecule has 0 atom stereocenters. The summed E-state index contributed by atoms with van der Waals surface area (Å²) in [5.74, 6) is 0.542. The summed E-state index contributed by atoms with van der Waals surface area (Å²) in [4.78, 5) is 14.8. The van der Waals surface area contributed by atoms with Gasteiger partial charge in [-0.2, -0.15) is 5.10 Å². The highest BCUT2D eigenvalue weighted by Gasteiger charge is 2.36. The van der Waals surface area contributed by atoms with Gasteiger partial charge in [-0.3, -0.25) is 9.48 Å². The van der Waals surface area contributed by atoms with Crippen LogP contribution in [0.25, 0.3) is 11.3 Å². The van der Waals surface area contributed by atoms with E-state index in [2.05, 4.69) is 15.3 Å². The van der Waals surface area contributed by atoms with Crippen LogP contribution in [0.1, 0.15) is 23.3 Å². The summed E-state index contributed by atoms with van der Waals surface area (Å²) >= 11 is 0. The van der Waals surface area contributed by atoms with E-state index in [1.54, 1.807) is 36.9 Å². The smallest absolute Gasteiger partial charge is 0.272 e. The molecule has 164 valence electrons. The first kappa shape index (κ1) is 21.0. The maximum Gasteiger partial charge on any atom is 0.272 e. The average molecular weight is 445 g/mol. The molecule has 1 aliphatic rings.